The lowest BCUT2D eigenvalue weighted by Crippen LogP contribution is -2.14. The number of hydrogen-bond donors (Lipinski definition) is 0. The summed E-state index contributed by atoms with van der Waals surface area (Å²) in [4.78, 5) is 4.82. The van der Waals surface area contributed by atoms with Gasteiger partial charge in [0.1, 0.15) is 5.52 Å². The van der Waals surface area contributed by atoms with Gasteiger partial charge in [-0.25, -0.2) is 0 Å². The lowest BCUT2D eigenvalue weighted by atomic mass is 9.82. The second kappa shape index (κ2) is 5.64. The molecule has 31 heavy (non-hydrogen) atoms. The first-order valence-electron chi connectivity index (χ1n) is 10.7. The van der Waals surface area contributed by atoms with E-state index in [1.54, 1.807) is 0 Å². The zero-order chi connectivity index (χ0) is 20.7. The van der Waals surface area contributed by atoms with Crippen LogP contribution in [0.1, 0.15) is 25.0 Å². The van der Waals surface area contributed by atoms with Crippen LogP contribution in [0.4, 0.5) is 0 Å². The van der Waals surface area contributed by atoms with E-state index < -0.39 is 0 Å². The van der Waals surface area contributed by atoms with Crippen molar-refractivity contribution in [3.63, 3.8) is 0 Å². The number of nitrogens with zero attached hydrogens (tertiary/aromatic N) is 2. The molecule has 6 aromatic rings. The Hall–Kier alpha value is -3.85. The lowest BCUT2D eigenvalue weighted by Gasteiger charge is -2.21. The van der Waals surface area contributed by atoms with Crippen LogP contribution in [-0.4, -0.2) is 9.55 Å². The zero-order valence-corrected chi connectivity index (χ0v) is 17.4. The van der Waals surface area contributed by atoms with Gasteiger partial charge in [0.15, 0.2) is 5.58 Å². The Labute approximate surface area is 179 Å². The van der Waals surface area contributed by atoms with Crippen LogP contribution in [0.5, 0.6) is 0 Å². The standard InChI is InChI=1S/C28H20N2O/c1-28(2)19-11-5-3-9-17(19)25-20(28)15-16-23-26(25)18-10-4-7-13-22(18)30(23)27-29-21-12-6-8-14-24(21)31-27/h3-16H,1-2H3. The summed E-state index contributed by atoms with van der Waals surface area (Å²) in [7, 11) is 0. The normalized spacial score (nSPS) is 14.4. The van der Waals surface area contributed by atoms with E-state index in [1.807, 2.05) is 24.3 Å². The summed E-state index contributed by atoms with van der Waals surface area (Å²) in [6, 6.07) is 30.4. The average molecular weight is 400 g/mol. The maximum absolute atomic E-state index is 6.21. The maximum Gasteiger partial charge on any atom is 0.307 e. The van der Waals surface area contributed by atoms with E-state index >= 15 is 0 Å². The summed E-state index contributed by atoms with van der Waals surface area (Å²) in [5.74, 6) is 0. The Balaban J connectivity index is 1.67. The predicted molar refractivity (Wildman–Crippen MR) is 126 cm³/mol. The van der Waals surface area contributed by atoms with Crippen molar-refractivity contribution >= 4 is 32.9 Å². The van der Waals surface area contributed by atoms with Crippen molar-refractivity contribution in [1.29, 1.82) is 0 Å². The highest BCUT2D eigenvalue weighted by molar-refractivity contribution is 6.17. The van der Waals surface area contributed by atoms with Gasteiger partial charge >= 0.3 is 6.01 Å². The lowest BCUT2D eigenvalue weighted by molar-refractivity contribution is 0.574. The molecule has 3 nitrogen and oxygen atoms in total. The fourth-order valence-corrected chi connectivity index (χ4v) is 5.41. The Morgan fingerprint density at radius 3 is 2.42 bits per heavy atom. The number of rotatable bonds is 1. The van der Waals surface area contributed by atoms with Crippen molar-refractivity contribution in [1.82, 2.24) is 9.55 Å². The van der Waals surface area contributed by atoms with Gasteiger partial charge in [-0.2, -0.15) is 4.98 Å². The number of aromatic nitrogens is 2. The maximum atomic E-state index is 6.21. The summed E-state index contributed by atoms with van der Waals surface area (Å²) in [6.07, 6.45) is 0. The molecule has 0 atom stereocenters. The van der Waals surface area contributed by atoms with Crippen molar-refractivity contribution < 1.29 is 4.42 Å². The number of oxazole rings is 1. The van der Waals surface area contributed by atoms with Gasteiger partial charge in [0.2, 0.25) is 0 Å². The minimum atomic E-state index is -0.0269. The van der Waals surface area contributed by atoms with Gasteiger partial charge in [-0.3, -0.25) is 4.57 Å². The quantitative estimate of drug-likeness (QED) is 0.291. The van der Waals surface area contributed by atoms with E-state index in [1.165, 1.54) is 33.0 Å². The second-order valence-corrected chi connectivity index (χ2v) is 8.87. The highest BCUT2D eigenvalue weighted by Crippen LogP contribution is 2.53. The van der Waals surface area contributed by atoms with E-state index in [-0.39, 0.29) is 5.41 Å². The minimum absolute atomic E-state index is 0.0269. The molecular formula is C28H20N2O. The van der Waals surface area contributed by atoms with Crippen LogP contribution in [0.25, 0.3) is 50.0 Å². The summed E-state index contributed by atoms with van der Waals surface area (Å²) in [5, 5.41) is 2.50. The average Bonchev–Trinajstić information content (AvgIpc) is 3.43. The monoisotopic (exact) mass is 400 g/mol. The molecule has 0 amide bonds. The molecule has 0 bridgehead atoms. The molecule has 0 aliphatic heterocycles. The summed E-state index contributed by atoms with van der Waals surface area (Å²) < 4.78 is 8.38. The molecule has 1 aliphatic carbocycles. The summed E-state index contributed by atoms with van der Waals surface area (Å²) >= 11 is 0. The third-order valence-corrected chi connectivity index (χ3v) is 6.86. The van der Waals surface area contributed by atoms with E-state index in [0.717, 1.165) is 22.1 Å². The van der Waals surface area contributed by atoms with Crippen LogP contribution >= 0.6 is 0 Å². The molecule has 2 aromatic heterocycles. The smallest absolute Gasteiger partial charge is 0.307 e. The molecule has 0 saturated carbocycles. The van der Waals surface area contributed by atoms with E-state index in [2.05, 4.69) is 79.1 Å². The van der Waals surface area contributed by atoms with Crippen LogP contribution in [0.3, 0.4) is 0 Å². The molecule has 3 heteroatoms. The highest BCUT2D eigenvalue weighted by Gasteiger charge is 2.37. The van der Waals surface area contributed by atoms with Crippen LogP contribution in [0.2, 0.25) is 0 Å². The van der Waals surface area contributed by atoms with Gasteiger partial charge in [-0.05, 0) is 46.5 Å². The molecule has 0 spiro atoms. The number of hydrogen-bond acceptors (Lipinski definition) is 2. The molecule has 0 radical (unpaired) electrons. The Morgan fingerprint density at radius 1 is 0.742 bits per heavy atom. The summed E-state index contributed by atoms with van der Waals surface area (Å²) in [6.45, 7) is 4.65. The van der Waals surface area contributed by atoms with Crippen molar-refractivity contribution in [2.75, 3.05) is 0 Å². The Kier molecular flexibility index (Phi) is 3.07. The van der Waals surface area contributed by atoms with Gasteiger partial charge in [-0.1, -0.05) is 74.5 Å². The molecule has 0 unspecified atom stereocenters. The first-order valence-corrected chi connectivity index (χ1v) is 10.7. The summed E-state index contributed by atoms with van der Waals surface area (Å²) in [5.41, 5.74) is 9.31. The first kappa shape index (κ1) is 16.9. The third-order valence-electron chi connectivity index (χ3n) is 6.86. The largest absolute Gasteiger partial charge is 0.423 e. The van der Waals surface area contributed by atoms with Gasteiger partial charge in [0.05, 0.1) is 11.0 Å². The topological polar surface area (TPSA) is 31.0 Å². The molecule has 0 N–H and O–H groups in total. The molecule has 0 saturated heterocycles. The fraction of sp³-hybridized carbons (Fsp3) is 0.107. The van der Waals surface area contributed by atoms with Gasteiger partial charge in [-0.15, -0.1) is 0 Å². The van der Waals surface area contributed by atoms with Crippen molar-refractivity contribution in [3.05, 3.63) is 96.1 Å². The van der Waals surface area contributed by atoms with Crippen molar-refractivity contribution in [2.45, 2.75) is 19.3 Å². The molecular weight excluding hydrogens is 380 g/mol. The Morgan fingerprint density at radius 2 is 1.52 bits per heavy atom. The number of para-hydroxylation sites is 3. The molecule has 0 fully saturated rings. The molecule has 1 aliphatic rings. The van der Waals surface area contributed by atoms with Crippen LogP contribution < -0.4 is 0 Å². The SMILES string of the molecule is CC1(C)c2ccccc2-c2c1ccc1c2c2ccccc2n1-c1nc2ccccc2o1. The fourth-order valence-electron chi connectivity index (χ4n) is 5.41. The molecule has 7 rings (SSSR count). The first-order chi connectivity index (χ1) is 15.1. The van der Waals surface area contributed by atoms with E-state index in [0.29, 0.717) is 6.01 Å². The van der Waals surface area contributed by atoms with Gasteiger partial charge in [0.25, 0.3) is 0 Å². The predicted octanol–water partition coefficient (Wildman–Crippen LogP) is 7.23. The highest BCUT2D eigenvalue weighted by atomic mass is 16.4. The van der Waals surface area contributed by atoms with Gasteiger partial charge < -0.3 is 4.42 Å². The van der Waals surface area contributed by atoms with E-state index in [9.17, 15) is 0 Å². The van der Waals surface area contributed by atoms with E-state index in [4.69, 9.17) is 9.40 Å². The number of fused-ring (bicyclic) bond motifs is 8. The minimum Gasteiger partial charge on any atom is -0.423 e. The third kappa shape index (κ3) is 2.05. The zero-order valence-electron chi connectivity index (χ0n) is 17.4. The van der Waals surface area contributed by atoms with Gasteiger partial charge in [0, 0.05) is 16.2 Å². The van der Waals surface area contributed by atoms with Crippen molar-refractivity contribution in [3.8, 4) is 17.1 Å². The molecule has 4 aromatic carbocycles. The number of benzene rings is 4. The van der Waals surface area contributed by atoms with Crippen LogP contribution in [0, 0.1) is 0 Å². The Bertz CT molecular complexity index is 1630. The second-order valence-electron chi connectivity index (χ2n) is 8.87. The molecule has 2 heterocycles. The van der Waals surface area contributed by atoms with Crippen LogP contribution in [-0.2, 0) is 5.41 Å². The van der Waals surface area contributed by atoms with Crippen molar-refractivity contribution in [2.24, 2.45) is 0 Å². The van der Waals surface area contributed by atoms with Crippen LogP contribution in [0.15, 0.2) is 89.3 Å². The molecule has 148 valence electrons.